The number of ether oxygens (including phenoxy) is 1. The van der Waals surface area contributed by atoms with Crippen molar-refractivity contribution in [3.63, 3.8) is 0 Å². The van der Waals surface area contributed by atoms with Gasteiger partial charge >= 0.3 is 6.09 Å². The van der Waals surface area contributed by atoms with Crippen molar-refractivity contribution >= 4 is 17.5 Å². The number of amides is 1. The Balaban J connectivity index is 2.00. The minimum absolute atomic E-state index is 0.270. The first-order valence-corrected chi connectivity index (χ1v) is 7.92. The molecule has 1 aliphatic rings. The third kappa shape index (κ3) is 4.96. The number of nitrogen functional groups attached to an aromatic ring is 1. The number of anilines is 2. The van der Waals surface area contributed by atoms with E-state index in [0.717, 1.165) is 11.3 Å². The van der Waals surface area contributed by atoms with Crippen LogP contribution in [0.4, 0.5) is 16.2 Å². The van der Waals surface area contributed by atoms with Gasteiger partial charge in [-0.3, -0.25) is 0 Å². The first-order valence-electron chi connectivity index (χ1n) is 7.92. The fraction of sp³-hybridized carbons (Fsp3) is 0.562. The summed E-state index contributed by atoms with van der Waals surface area (Å²) in [6.45, 7) is 8.43. The molecule has 1 fully saturated rings. The highest BCUT2D eigenvalue weighted by Crippen LogP contribution is 2.23. The summed E-state index contributed by atoms with van der Waals surface area (Å²) in [6.07, 6.45) is -0.279. The Bertz CT molecular complexity index is 640. The molecular weight excluding hydrogens is 308 g/mol. The number of piperazine rings is 1. The maximum atomic E-state index is 12.1. The molecule has 0 atom stereocenters. The molecule has 0 bridgehead atoms. The second-order valence-electron chi connectivity index (χ2n) is 6.78. The molecule has 0 aliphatic carbocycles. The summed E-state index contributed by atoms with van der Waals surface area (Å²) in [5.41, 5.74) is 16.4. The van der Waals surface area contributed by atoms with Crippen LogP contribution in [0, 0.1) is 0 Å². The minimum atomic E-state index is -0.488. The highest BCUT2D eigenvalue weighted by molar-refractivity contribution is 5.69. The largest absolute Gasteiger partial charge is 0.444 e. The van der Waals surface area contributed by atoms with Gasteiger partial charge in [-0.1, -0.05) is 5.11 Å². The molecule has 0 unspecified atom stereocenters. The molecule has 1 aromatic rings. The van der Waals surface area contributed by atoms with E-state index in [0.29, 0.717) is 31.9 Å². The maximum Gasteiger partial charge on any atom is 0.410 e. The van der Waals surface area contributed by atoms with Crippen molar-refractivity contribution in [2.24, 2.45) is 5.11 Å². The molecule has 1 heterocycles. The molecule has 1 saturated heterocycles. The van der Waals surface area contributed by atoms with Gasteiger partial charge in [-0.25, -0.2) is 4.79 Å². The molecule has 1 amide bonds. The summed E-state index contributed by atoms with van der Waals surface area (Å²) in [5, 5.41) is 3.58. The minimum Gasteiger partial charge on any atom is -0.444 e. The number of carbonyl (C=O) groups is 1. The smallest absolute Gasteiger partial charge is 0.410 e. The number of azide groups is 1. The quantitative estimate of drug-likeness (QED) is 0.397. The van der Waals surface area contributed by atoms with Crippen LogP contribution in [0.25, 0.3) is 10.4 Å². The van der Waals surface area contributed by atoms with Crippen LogP contribution in [0.3, 0.4) is 0 Å². The number of hydrogen-bond donors (Lipinski definition) is 1. The Morgan fingerprint density at radius 3 is 2.54 bits per heavy atom. The van der Waals surface area contributed by atoms with E-state index in [1.54, 1.807) is 11.0 Å². The Morgan fingerprint density at radius 1 is 1.29 bits per heavy atom. The Morgan fingerprint density at radius 2 is 1.96 bits per heavy atom. The van der Waals surface area contributed by atoms with E-state index >= 15 is 0 Å². The predicted molar refractivity (Wildman–Crippen MR) is 93.7 cm³/mol. The normalized spacial score (nSPS) is 15.0. The molecule has 1 aromatic carbocycles. The van der Waals surface area contributed by atoms with Crippen molar-refractivity contribution in [1.82, 2.24) is 4.90 Å². The lowest BCUT2D eigenvalue weighted by Gasteiger charge is -2.37. The van der Waals surface area contributed by atoms with Gasteiger partial charge in [0.05, 0.1) is 6.54 Å². The van der Waals surface area contributed by atoms with E-state index in [1.165, 1.54) is 0 Å². The van der Waals surface area contributed by atoms with Crippen LogP contribution in [0.15, 0.2) is 23.3 Å². The molecule has 8 nitrogen and oxygen atoms in total. The van der Waals surface area contributed by atoms with Crippen LogP contribution in [0.5, 0.6) is 0 Å². The average Bonchev–Trinajstić information content (AvgIpc) is 2.51. The van der Waals surface area contributed by atoms with Gasteiger partial charge in [-0.15, -0.1) is 0 Å². The summed E-state index contributed by atoms with van der Waals surface area (Å²) in [7, 11) is 0. The monoisotopic (exact) mass is 332 g/mol. The van der Waals surface area contributed by atoms with E-state index < -0.39 is 5.60 Å². The van der Waals surface area contributed by atoms with E-state index in [1.807, 2.05) is 32.9 Å². The van der Waals surface area contributed by atoms with Crippen molar-refractivity contribution in [1.29, 1.82) is 0 Å². The zero-order valence-electron chi connectivity index (χ0n) is 14.4. The van der Waals surface area contributed by atoms with E-state index in [4.69, 9.17) is 16.0 Å². The molecule has 130 valence electrons. The zero-order valence-corrected chi connectivity index (χ0v) is 14.4. The number of nitrogens with two attached hydrogens (primary N) is 1. The summed E-state index contributed by atoms with van der Waals surface area (Å²) in [5.74, 6) is 0. The summed E-state index contributed by atoms with van der Waals surface area (Å²) >= 11 is 0. The standard InChI is InChI=1S/C16H24N6O2/c1-16(2,3)24-15(23)22-6-4-21(5-7-22)14-9-12(11-19-20-18)8-13(17)10-14/h8-10H,4-7,11,17H2,1-3H3. The SMILES string of the molecule is CC(C)(C)OC(=O)N1CCN(c2cc(N)cc(CN=[N+]=[N-])c2)CC1. The van der Waals surface area contributed by atoms with Gasteiger partial charge < -0.3 is 20.3 Å². The Labute approximate surface area is 141 Å². The summed E-state index contributed by atoms with van der Waals surface area (Å²) in [6, 6.07) is 5.66. The number of carbonyl (C=O) groups excluding carboxylic acids is 1. The predicted octanol–water partition coefficient (Wildman–Crippen LogP) is 3.14. The Kier molecular flexibility index (Phi) is 5.41. The van der Waals surface area contributed by atoms with Crippen molar-refractivity contribution in [2.45, 2.75) is 32.9 Å². The molecule has 0 radical (unpaired) electrons. The first kappa shape index (κ1) is 17.7. The third-order valence-corrected chi connectivity index (χ3v) is 3.61. The lowest BCUT2D eigenvalue weighted by atomic mass is 10.1. The van der Waals surface area contributed by atoms with Crippen molar-refractivity contribution in [3.8, 4) is 0 Å². The van der Waals surface area contributed by atoms with E-state index in [2.05, 4.69) is 14.9 Å². The van der Waals surface area contributed by atoms with Gasteiger partial charge in [0.2, 0.25) is 0 Å². The van der Waals surface area contributed by atoms with Crippen LogP contribution in [-0.4, -0.2) is 42.8 Å². The van der Waals surface area contributed by atoms with Crippen molar-refractivity contribution in [3.05, 3.63) is 34.2 Å². The van der Waals surface area contributed by atoms with Crippen LogP contribution < -0.4 is 10.6 Å². The molecular formula is C16H24N6O2. The van der Waals surface area contributed by atoms with Gasteiger partial charge in [0, 0.05) is 42.5 Å². The molecule has 0 aromatic heterocycles. The van der Waals surface area contributed by atoms with Gasteiger partial charge in [-0.2, -0.15) is 0 Å². The fourth-order valence-corrected chi connectivity index (χ4v) is 2.56. The molecule has 1 aliphatic heterocycles. The fourth-order valence-electron chi connectivity index (χ4n) is 2.56. The lowest BCUT2D eigenvalue weighted by Crippen LogP contribution is -2.50. The molecule has 8 heteroatoms. The topological polar surface area (TPSA) is 108 Å². The van der Waals surface area contributed by atoms with Gasteiger partial charge in [0.1, 0.15) is 5.60 Å². The molecule has 0 saturated carbocycles. The number of rotatable bonds is 3. The van der Waals surface area contributed by atoms with Gasteiger partial charge in [0.25, 0.3) is 0 Å². The summed E-state index contributed by atoms with van der Waals surface area (Å²) < 4.78 is 5.40. The van der Waals surface area contributed by atoms with Crippen LogP contribution >= 0.6 is 0 Å². The Hall–Kier alpha value is -2.60. The molecule has 2 N–H and O–H groups in total. The molecule has 24 heavy (non-hydrogen) atoms. The van der Waals surface area contributed by atoms with E-state index in [-0.39, 0.29) is 12.6 Å². The number of benzene rings is 1. The average molecular weight is 332 g/mol. The van der Waals surface area contributed by atoms with Crippen molar-refractivity contribution in [2.75, 3.05) is 36.8 Å². The first-order chi connectivity index (χ1) is 11.3. The second-order valence-corrected chi connectivity index (χ2v) is 6.78. The van der Waals surface area contributed by atoms with Gasteiger partial charge in [0.15, 0.2) is 0 Å². The maximum absolute atomic E-state index is 12.1. The van der Waals surface area contributed by atoms with E-state index in [9.17, 15) is 4.79 Å². The second kappa shape index (κ2) is 7.31. The molecule has 0 spiro atoms. The van der Waals surface area contributed by atoms with Crippen LogP contribution in [0.1, 0.15) is 26.3 Å². The molecule has 2 rings (SSSR count). The highest BCUT2D eigenvalue weighted by Gasteiger charge is 2.26. The van der Waals surface area contributed by atoms with Crippen LogP contribution in [0.2, 0.25) is 0 Å². The van der Waals surface area contributed by atoms with Crippen molar-refractivity contribution < 1.29 is 9.53 Å². The number of nitrogens with zero attached hydrogens (tertiary/aromatic N) is 5. The summed E-state index contributed by atoms with van der Waals surface area (Å²) in [4.78, 5) is 18.8. The van der Waals surface area contributed by atoms with Crippen LogP contribution in [-0.2, 0) is 11.3 Å². The number of hydrogen-bond acceptors (Lipinski definition) is 5. The highest BCUT2D eigenvalue weighted by atomic mass is 16.6. The van der Waals surface area contributed by atoms with Gasteiger partial charge in [-0.05, 0) is 50.1 Å². The lowest BCUT2D eigenvalue weighted by molar-refractivity contribution is 0.0240. The zero-order chi connectivity index (χ0) is 17.7. The third-order valence-electron chi connectivity index (χ3n) is 3.61.